The molecule has 0 aromatic heterocycles. The molecule has 2 heteroatoms. The standard InChI is InChI=1S/C13H20O2/c1-5-14-10-11-6-8-12(9-7-11)15-13(2,3)4/h6-9H,5,10H2,1-4H3. The average molecular weight is 208 g/mol. The topological polar surface area (TPSA) is 18.5 Å². The van der Waals surface area contributed by atoms with Crippen molar-refractivity contribution in [3.8, 4) is 5.75 Å². The zero-order chi connectivity index (χ0) is 11.3. The minimum absolute atomic E-state index is 0.137. The van der Waals surface area contributed by atoms with Crippen molar-refractivity contribution < 1.29 is 9.47 Å². The number of rotatable bonds is 4. The second kappa shape index (κ2) is 5.17. The summed E-state index contributed by atoms with van der Waals surface area (Å²) in [6, 6.07) is 8.05. The van der Waals surface area contributed by atoms with Crippen LogP contribution in [0.15, 0.2) is 24.3 Å². The Hall–Kier alpha value is -1.02. The molecule has 2 nitrogen and oxygen atoms in total. The first kappa shape index (κ1) is 12.1. The fraction of sp³-hybridized carbons (Fsp3) is 0.538. The maximum absolute atomic E-state index is 5.72. The third-order valence-electron chi connectivity index (χ3n) is 1.82. The molecule has 0 aliphatic carbocycles. The summed E-state index contributed by atoms with van der Waals surface area (Å²) >= 11 is 0. The van der Waals surface area contributed by atoms with E-state index in [1.807, 2.05) is 52.0 Å². The summed E-state index contributed by atoms with van der Waals surface area (Å²) in [5.74, 6) is 0.905. The molecule has 0 saturated carbocycles. The maximum Gasteiger partial charge on any atom is 0.120 e. The lowest BCUT2D eigenvalue weighted by Crippen LogP contribution is -2.22. The van der Waals surface area contributed by atoms with Crippen molar-refractivity contribution in [3.63, 3.8) is 0 Å². The molecule has 0 atom stereocenters. The molecule has 0 aliphatic heterocycles. The van der Waals surface area contributed by atoms with Crippen LogP contribution in [0, 0.1) is 0 Å². The van der Waals surface area contributed by atoms with Crippen molar-refractivity contribution in [2.75, 3.05) is 6.61 Å². The van der Waals surface area contributed by atoms with Crippen LogP contribution in [0.1, 0.15) is 33.3 Å². The van der Waals surface area contributed by atoms with Gasteiger partial charge in [-0.05, 0) is 45.4 Å². The molecule has 0 amide bonds. The third kappa shape index (κ3) is 4.84. The molecule has 0 radical (unpaired) electrons. The Balaban J connectivity index is 2.56. The summed E-state index contributed by atoms with van der Waals surface area (Å²) in [6.45, 7) is 9.55. The van der Waals surface area contributed by atoms with Crippen LogP contribution < -0.4 is 4.74 Å². The van der Waals surface area contributed by atoms with Gasteiger partial charge in [0, 0.05) is 6.61 Å². The van der Waals surface area contributed by atoms with Crippen LogP contribution in [0.25, 0.3) is 0 Å². The van der Waals surface area contributed by atoms with E-state index >= 15 is 0 Å². The molecule has 0 bridgehead atoms. The van der Waals surface area contributed by atoms with E-state index in [0.29, 0.717) is 6.61 Å². The van der Waals surface area contributed by atoms with E-state index in [0.717, 1.165) is 12.4 Å². The highest BCUT2D eigenvalue weighted by Crippen LogP contribution is 2.18. The Morgan fingerprint density at radius 3 is 2.13 bits per heavy atom. The molecule has 84 valence electrons. The maximum atomic E-state index is 5.72. The largest absolute Gasteiger partial charge is 0.488 e. The van der Waals surface area contributed by atoms with Gasteiger partial charge in [0.15, 0.2) is 0 Å². The Morgan fingerprint density at radius 1 is 1.07 bits per heavy atom. The second-order valence-electron chi connectivity index (χ2n) is 4.50. The van der Waals surface area contributed by atoms with E-state index in [1.165, 1.54) is 5.56 Å². The van der Waals surface area contributed by atoms with E-state index in [4.69, 9.17) is 9.47 Å². The van der Waals surface area contributed by atoms with Crippen LogP contribution in [-0.2, 0) is 11.3 Å². The molecule has 1 aromatic carbocycles. The smallest absolute Gasteiger partial charge is 0.120 e. The van der Waals surface area contributed by atoms with Gasteiger partial charge in [0.05, 0.1) is 6.61 Å². The van der Waals surface area contributed by atoms with Gasteiger partial charge in [-0.25, -0.2) is 0 Å². The van der Waals surface area contributed by atoms with Gasteiger partial charge in [0.25, 0.3) is 0 Å². The first-order valence-corrected chi connectivity index (χ1v) is 5.37. The van der Waals surface area contributed by atoms with Gasteiger partial charge >= 0.3 is 0 Å². The lowest BCUT2D eigenvalue weighted by molar-refractivity contribution is 0.129. The predicted octanol–water partition coefficient (Wildman–Crippen LogP) is 3.40. The number of hydrogen-bond donors (Lipinski definition) is 0. The normalized spacial score (nSPS) is 11.5. The SMILES string of the molecule is CCOCc1ccc(OC(C)(C)C)cc1. The molecule has 0 N–H and O–H groups in total. The summed E-state index contributed by atoms with van der Waals surface area (Å²) in [5, 5.41) is 0. The molecule has 0 unspecified atom stereocenters. The van der Waals surface area contributed by atoms with Crippen LogP contribution in [-0.4, -0.2) is 12.2 Å². The average Bonchev–Trinajstić information content (AvgIpc) is 2.14. The molecule has 0 fully saturated rings. The number of ether oxygens (including phenoxy) is 2. The molecular weight excluding hydrogens is 188 g/mol. The molecule has 15 heavy (non-hydrogen) atoms. The van der Waals surface area contributed by atoms with Gasteiger partial charge in [-0.3, -0.25) is 0 Å². The van der Waals surface area contributed by atoms with Gasteiger partial charge in [-0.15, -0.1) is 0 Å². The van der Waals surface area contributed by atoms with E-state index < -0.39 is 0 Å². The highest BCUT2D eigenvalue weighted by atomic mass is 16.5. The minimum atomic E-state index is -0.137. The van der Waals surface area contributed by atoms with E-state index in [2.05, 4.69) is 0 Å². The summed E-state index contributed by atoms with van der Waals surface area (Å²) in [5.41, 5.74) is 1.04. The fourth-order valence-corrected chi connectivity index (χ4v) is 1.23. The Morgan fingerprint density at radius 2 is 1.67 bits per heavy atom. The van der Waals surface area contributed by atoms with Crippen LogP contribution in [0.3, 0.4) is 0 Å². The van der Waals surface area contributed by atoms with Crippen LogP contribution in [0.2, 0.25) is 0 Å². The van der Waals surface area contributed by atoms with Gasteiger partial charge in [-0.2, -0.15) is 0 Å². The molecular formula is C13H20O2. The van der Waals surface area contributed by atoms with E-state index in [-0.39, 0.29) is 5.60 Å². The lowest BCUT2D eigenvalue weighted by Gasteiger charge is -2.21. The van der Waals surface area contributed by atoms with Crippen LogP contribution >= 0.6 is 0 Å². The zero-order valence-electron chi connectivity index (χ0n) is 10.0. The van der Waals surface area contributed by atoms with Crippen molar-refractivity contribution in [2.45, 2.75) is 39.9 Å². The van der Waals surface area contributed by atoms with E-state index in [9.17, 15) is 0 Å². The van der Waals surface area contributed by atoms with Crippen molar-refractivity contribution >= 4 is 0 Å². The Bertz CT molecular complexity index is 282. The number of hydrogen-bond acceptors (Lipinski definition) is 2. The van der Waals surface area contributed by atoms with Gasteiger partial charge < -0.3 is 9.47 Å². The van der Waals surface area contributed by atoms with Gasteiger partial charge in [-0.1, -0.05) is 12.1 Å². The van der Waals surface area contributed by atoms with Crippen LogP contribution in [0.4, 0.5) is 0 Å². The predicted molar refractivity (Wildman–Crippen MR) is 62.2 cm³/mol. The third-order valence-corrected chi connectivity index (χ3v) is 1.82. The monoisotopic (exact) mass is 208 g/mol. The first-order valence-electron chi connectivity index (χ1n) is 5.37. The zero-order valence-corrected chi connectivity index (χ0v) is 10.0. The second-order valence-corrected chi connectivity index (χ2v) is 4.50. The van der Waals surface area contributed by atoms with Crippen LogP contribution in [0.5, 0.6) is 5.75 Å². The molecule has 0 spiro atoms. The van der Waals surface area contributed by atoms with Crippen molar-refractivity contribution in [1.29, 1.82) is 0 Å². The summed E-state index contributed by atoms with van der Waals surface area (Å²) in [4.78, 5) is 0. The fourth-order valence-electron chi connectivity index (χ4n) is 1.23. The molecule has 1 rings (SSSR count). The van der Waals surface area contributed by atoms with Gasteiger partial charge in [0.2, 0.25) is 0 Å². The Kier molecular flexibility index (Phi) is 4.15. The highest BCUT2D eigenvalue weighted by Gasteiger charge is 2.11. The highest BCUT2D eigenvalue weighted by molar-refractivity contribution is 5.27. The van der Waals surface area contributed by atoms with Crippen molar-refractivity contribution in [2.24, 2.45) is 0 Å². The van der Waals surface area contributed by atoms with Gasteiger partial charge in [0.1, 0.15) is 11.4 Å². The number of benzene rings is 1. The molecule has 0 heterocycles. The van der Waals surface area contributed by atoms with E-state index in [1.54, 1.807) is 0 Å². The first-order chi connectivity index (χ1) is 7.01. The molecule has 0 saturated heterocycles. The van der Waals surface area contributed by atoms with Crippen molar-refractivity contribution in [3.05, 3.63) is 29.8 Å². The summed E-state index contributed by atoms with van der Waals surface area (Å²) in [7, 11) is 0. The molecule has 1 aromatic rings. The minimum Gasteiger partial charge on any atom is -0.488 e. The molecule has 0 aliphatic rings. The summed E-state index contributed by atoms with van der Waals surface area (Å²) in [6.07, 6.45) is 0. The quantitative estimate of drug-likeness (QED) is 0.755. The van der Waals surface area contributed by atoms with Crippen molar-refractivity contribution in [1.82, 2.24) is 0 Å². The summed E-state index contributed by atoms with van der Waals surface area (Å²) < 4.78 is 11.0. The Labute approximate surface area is 92.2 Å². The lowest BCUT2D eigenvalue weighted by atomic mass is 10.2.